The molecule has 0 aromatic heterocycles. The maximum Gasteiger partial charge on any atom is 0.147 e. The van der Waals surface area contributed by atoms with Crippen LogP contribution in [0, 0.1) is 11.3 Å². The predicted octanol–water partition coefficient (Wildman–Crippen LogP) is 3.47. The molecule has 0 spiro atoms. The van der Waals surface area contributed by atoms with Gasteiger partial charge in [0.1, 0.15) is 9.84 Å². The van der Waals surface area contributed by atoms with Gasteiger partial charge >= 0.3 is 0 Å². The van der Waals surface area contributed by atoms with Crippen LogP contribution >= 0.6 is 23.2 Å². The van der Waals surface area contributed by atoms with E-state index in [1.165, 1.54) is 31.9 Å². The molecule has 1 aliphatic carbocycles. The molecule has 1 fully saturated rings. The van der Waals surface area contributed by atoms with Gasteiger partial charge in [-0.2, -0.15) is 0 Å². The molecule has 0 saturated heterocycles. The number of sulfone groups is 1. The van der Waals surface area contributed by atoms with Gasteiger partial charge < -0.3 is 0 Å². The first-order chi connectivity index (χ1) is 7.93. The van der Waals surface area contributed by atoms with Gasteiger partial charge in [-0.3, -0.25) is 0 Å². The summed E-state index contributed by atoms with van der Waals surface area (Å²) < 4.78 is 22.3. The SMILES string of the molecule is CS(=O)(=O)CCCC(CCl)(CCl)C1CCCC1. The predicted molar refractivity (Wildman–Crippen MR) is 74.8 cm³/mol. The van der Waals surface area contributed by atoms with Gasteiger partial charge in [-0.1, -0.05) is 12.8 Å². The van der Waals surface area contributed by atoms with Gasteiger partial charge in [0.25, 0.3) is 0 Å². The summed E-state index contributed by atoms with van der Waals surface area (Å²) in [6.45, 7) is 0. The Morgan fingerprint density at radius 1 is 1.18 bits per heavy atom. The molecule has 17 heavy (non-hydrogen) atoms. The van der Waals surface area contributed by atoms with Crippen molar-refractivity contribution in [3.63, 3.8) is 0 Å². The molecule has 2 nitrogen and oxygen atoms in total. The molecular formula is C12H22Cl2O2S. The lowest BCUT2D eigenvalue weighted by atomic mass is 9.74. The summed E-state index contributed by atoms with van der Waals surface area (Å²) in [6.07, 6.45) is 7.69. The lowest BCUT2D eigenvalue weighted by Gasteiger charge is -2.36. The second-order valence-electron chi connectivity index (χ2n) is 5.34. The number of rotatable bonds is 7. The monoisotopic (exact) mass is 300 g/mol. The van der Waals surface area contributed by atoms with E-state index in [9.17, 15) is 8.42 Å². The zero-order chi connectivity index (χ0) is 12.9. The molecule has 1 rings (SSSR count). The summed E-state index contributed by atoms with van der Waals surface area (Å²) >= 11 is 12.2. The van der Waals surface area contributed by atoms with Crippen molar-refractivity contribution in [3.05, 3.63) is 0 Å². The molecule has 0 atom stereocenters. The van der Waals surface area contributed by atoms with Crippen molar-refractivity contribution in [3.8, 4) is 0 Å². The summed E-state index contributed by atoms with van der Waals surface area (Å²) in [7, 11) is -2.87. The van der Waals surface area contributed by atoms with Crippen LogP contribution in [-0.2, 0) is 9.84 Å². The highest BCUT2D eigenvalue weighted by molar-refractivity contribution is 7.90. The van der Waals surface area contributed by atoms with Crippen LogP contribution in [0.25, 0.3) is 0 Å². The van der Waals surface area contributed by atoms with Gasteiger partial charge in [-0.05, 0) is 31.6 Å². The van der Waals surface area contributed by atoms with Gasteiger partial charge in [0.05, 0.1) is 0 Å². The summed E-state index contributed by atoms with van der Waals surface area (Å²) in [6, 6.07) is 0. The minimum absolute atomic E-state index is 0.0513. The van der Waals surface area contributed by atoms with Gasteiger partial charge in [0.15, 0.2) is 0 Å². The third-order valence-corrected chi connectivity index (χ3v) is 6.04. The topological polar surface area (TPSA) is 34.1 Å². The van der Waals surface area contributed by atoms with Crippen LogP contribution in [-0.4, -0.2) is 32.2 Å². The Morgan fingerprint density at radius 3 is 2.12 bits per heavy atom. The van der Waals surface area contributed by atoms with E-state index in [0.29, 0.717) is 24.1 Å². The van der Waals surface area contributed by atoms with Crippen LogP contribution in [0.5, 0.6) is 0 Å². The first-order valence-electron chi connectivity index (χ1n) is 6.23. The highest BCUT2D eigenvalue weighted by Gasteiger charge is 2.38. The Hall–Kier alpha value is 0.530. The molecule has 0 bridgehead atoms. The van der Waals surface area contributed by atoms with Crippen LogP contribution in [0.4, 0.5) is 0 Å². The van der Waals surface area contributed by atoms with E-state index in [1.807, 2.05) is 0 Å². The average molecular weight is 301 g/mol. The quantitative estimate of drug-likeness (QED) is 0.675. The molecule has 102 valence electrons. The molecule has 0 aliphatic heterocycles. The van der Waals surface area contributed by atoms with Crippen LogP contribution in [0.3, 0.4) is 0 Å². The van der Waals surface area contributed by atoms with Crippen molar-refractivity contribution in [2.75, 3.05) is 23.8 Å². The van der Waals surface area contributed by atoms with Gasteiger partial charge in [0, 0.05) is 29.2 Å². The van der Waals surface area contributed by atoms with Crippen molar-refractivity contribution in [2.45, 2.75) is 38.5 Å². The molecule has 1 saturated carbocycles. The van der Waals surface area contributed by atoms with Crippen LogP contribution in [0.2, 0.25) is 0 Å². The maximum atomic E-state index is 11.1. The summed E-state index contributed by atoms with van der Waals surface area (Å²) in [5.41, 5.74) is -0.0513. The minimum Gasteiger partial charge on any atom is -0.229 e. The van der Waals surface area contributed by atoms with E-state index >= 15 is 0 Å². The maximum absolute atomic E-state index is 11.1. The van der Waals surface area contributed by atoms with E-state index in [1.54, 1.807) is 0 Å². The fourth-order valence-corrected chi connectivity index (χ4v) is 4.47. The number of alkyl halides is 2. The molecule has 0 amide bonds. The van der Waals surface area contributed by atoms with Crippen LogP contribution in [0.15, 0.2) is 0 Å². The lowest BCUT2D eigenvalue weighted by molar-refractivity contribution is 0.207. The van der Waals surface area contributed by atoms with Gasteiger partial charge in [0.2, 0.25) is 0 Å². The van der Waals surface area contributed by atoms with E-state index in [2.05, 4.69) is 0 Å². The largest absolute Gasteiger partial charge is 0.229 e. The highest BCUT2D eigenvalue weighted by Crippen LogP contribution is 2.44. The van der Waals surface area contributed by atoms with E-state index in [0.717, 1.165) is 6.42 Å². The standard InChI is InChI=1S/C12H22Cl2O2S/c1-17(15,16)8-4-7-12(9-13,10-14)11-5-2-3-6-11/h11H,2-10H2,1H3. The third kappa shape index (κ3) is 4.60. The summed E-state index contributed by atoms with van der Waals surface area (Å²) in [5, 5.41) is 0. The van der Waals surface area contributed by atoms with Crippen LogP contribution < -0.4 is 0 Å². The minimum atomic E-state index is -2.87. The van der Waals surface area contributed by atoms with Crippen molar-refractivity contribution in [2.24, 2.45) is 11.3 Å². The zero-order valence-electron chi connectivity index (χ0n) is 10.4. The van der Waals surface area contributed by atoms with Crippen LogP contribution in [0.1, 0.15) is 38.5 Å². The normalized spacial score (nSPS) is 18.8. The molecular weight excluding hydrogens is 279 g/mol. The van der Waals surface area contributed by atoms with E-state index in [-0.39, 0.29) is 11.2 Å². The fourth-order valence-electron chi connectivity index (χ4n) is 2.82. The van der Waals surface area contributed by atoms with Gasteiger partial charge in [-0.15, -0.1) is 23.2 Å². The average Bonchev–Trinajstić information content (AvgIpc) is 2.77. The molecule has 0 N–H and O–H groups in total. The van der Waals surface area contributed by atoms with Crippen molar-refractivity contribution >= 4 is 33.0 Å². The molecule has 0 aromatic rings. The van der Waals surface area contributed by atoms with Crippen molar-refractivity contribution in [1.82, 2.24) is 0 Å². The summed E-state index contributed by atoms with van der Waals surface area (Å²) in [5.74, 6) is 1.92. The second kappa shape index (κ2) is 6.63. The highest BCUT2D eigenvalue weighted by atomic mass is 35.5. The fraction of sp³-hybridized carbons (Fsp3) is 1.00. The molecule has 0 unspecified atom stereocenters. The third-order valence-electron chi connectivity index (χ3n) is 3.94. The molecule has 1 aliphatic rings. The van der Waals surface area contributed by atoms with E-state index < -0.39 is 9.84 Å². The molecule has 5 heteroatoms. The summed E-state index contributed by atoms with van der Waals surface area (Å²) in [4.78, 5) is 0. The lowest BCUT2D eigenvalue weighted by Crippen LogP contribution is -2.33. The molecule has 0 radical (unpaired) electrons. The number of hydrogen-bond donors (Lipinski definition) is 0. The molecule has 0 aromatic carbocycles. The molecule has 0 heterocycles. The number of hydrogen-bond acceptors (Lipinski definition) is 2. The van der Waals surface area contributed by atoms with Crippen molar-refractivity contribution < 1.29 is 8.42 Å². The Kier molecular flexibility index (Phi) is 6.07. The number of halogens is 2. The Morgan fingerprint density at radius 2 is 1.71 bits per heavy atom. The van der Waals surface area contributed by atoms with E-state index in [4.69, 9.17) is 23.2 Å². The Balaban J connectivity index is 2.58. The Labute approximate surface area is 115 Å². The van der Waals surface area contributed by atoms with Gasteiger partial charge in [-0.25, -0.2) is 8.42 Å². The van der Waals surface area contributed by atoms with Crippen molar-refractivity contribution in [1.29, 1.82) is 0 Å². The first kappa shape index (κ1) is 15.6. The second-order valence-corrected chi connectivity index (χ2v) is 8.14. The Bertz CT molecular complexity index is 317. The first-order valence-corrected chi connectivity index (χ1v) is 9.36. The smallest absolute Gasteiger partial charge is 0.147 e. The zero-order valence-corrected chi connectivity index (χ0v) is 12.8.